The van der Waals surface area contributed by atoms with Crippen LogP contribution in [0.2, 0.25) is 5.02 Å². The Kier molecular flexibility index (Phi) is 9.20. The molecule has 0 atom stereocenters. The van der Waals surface area contributed by atoms with Gasteiger partial charge in [0.15, 0.2) is 11.5 Å². The number of rotatable bonds is 9. The van der Waals surface area contributed by atoms with Gasteiger partial charge in [0, 0.05) is 10.7 Å². The van der Waals surface area contributed by atoms with Gasteiger partial charge in [0.2, 0.25) is 11.8 Å². The fourth-order valence-electron chi connectivity index (χ4n) is 2.26. The van der Waals surface area contributed by atoms with Crippen LogP contribution in [0, 0.1) is 3.57 Å². The molecule has 7 nitrogen and oxygen atoms in total. The van der Waals surface area contributed by atoms with Gasteiger partial charge in [-0.3, -0.25) is 9.59 Å². The van der Waals surface area contributed by atoms with Crippen molar-refractivity contribution in [2.24, 2.45) is 5.10 Å². The van der Waals surface area contributed by atoms with Crippen LogP contribution in [0.5, 0.6) is 11.5 Å². The topological polar surface area (TPSA) is 89.0 Å². The van der Waals surface area contributed by atoms with Crippen LogP contribution in [-0.2, 0) is 9.59 Å². The molecule has 2 N–H and O–H groups in total. The molecule has 0 fully saturated rings. The molecule has 0 heterocycles. The maximum absolute atomic E-state index is 11.9. The summed E-state index contributed by atoms with van der Waals surface area (Å²) in [6.45, 7) is 2.62. The van der Waals surface area contributed by atoms with Gasteiger partial charge in [0.1, 0.15) is 6.42 Å². The highest BCUT2D eigenvalue weighted by Gasteiger charge is 2.11. The number of methoxy groups -OCH3 is 1. The largest absolute Gasteiger partial charge is 0.493 e. The average molecular weight is 530 g/mol. The van der Waals surface area contributed by atoms with Gasteiger partial charge in [-0.05, 0) is 71.0 Å². The van der Waals surface area contributed by atoms with Gasteiger partial charge in [-0.25, -0.2) is 5.43 Å². The monoisotopic (exact) mass is 529 g/mol. The second-order valence-corrected chi connectivity index (χ2v) is 7.51. The van der Waals surface area contributed by atoms with Gasteiger partial charge in [0.05, 0.1) is 23.5 Å². The van der Waals surface area contributed by atoms with E-state index >= 15 is 0 Å². The van der Waals surface area contributed by atoms with Crippen LogP contribution in [0.25, 0.3) is 0 Å². The minimum absolute atomic E-state index is 0.357. The van der Waals surface area contributed by atoms with E-state index in [0.717, 1.165) is 15.6 Å². The van der Waals surface area contributed by atoms with Crippen molar-refractivity contribution in [1.29, 1.82) is 0 Å². The van der Waals surface area contributed by atoms with E-state index in [1.807, 2.05) is 13.0 Å². The van der Waals surface area contributed by atoms with Crippen LogP contribution in [-0.4, -0.2) is 31.7 Å². The quantitative estimate of drug-likeness (QED) is 0.220. The number of halogens is 2. The Bertz CT molecular complexity index is 888. The smallest absolute Gasteiger partial charge is 0.249 e. The minimum Gasteiger partial charge on any atom is -0.493 e. The first-order valence-corrected chi connectivity index (χ1v) is 10.3. The number of carbonyl (C=O) groups excluding carboxylic acids is 2. The van der Waals surface area contributed by atoms with Crippen molar-refractivity contribution in [2.75, 3.05) is 19.0 Å². The summed E-state index contributed by atoms with van der Waals surface area (Å²) in [6, 6.07) is 10.2. The SMILES string of the molecule is CCCOc1c(I)cc(C=NNC(=O)CC(=O)Nc2ccc(Cl)cc2)cc1OC. The number of ether oxygens (including phenoxy) is 2. The first-order chi connectivity index (χ1) is 13.9. The number of nitrogens with zero attached hydrogens (tertiary/aromatic N) is 1. The first-order valence-electron chi connectivity index (χ1n) is 8.80. The molecule has 2 rings (SSSR count). The number of benzene rings is 2. The predicted octanol–water partition coefficient (Wildman–Crippen LogP) is 4.22. The lowest BCUT2D eigenvalue weighted by atomic mass is 10.2. The highest BCUT2D eigenvalue weighted by atomic mass is 127. The van der Waals surface area contributed by atoms with Gasteiger partial charge >= 0.3 is 0 Å². The molecular weight excluding hydrogens is 509 g/mol. The van der Waals surface area contributed by atoms with E-state index in [9.17, 15) is 9.59 Å². The molecule has 29 heavy (non-hydrogen) atoms. The van der Waals surface area contributed by atoms with Crippen molar-refractivity contribution in [3.8, 4) is 11.5 Å². The molecule has 0 aliphatic carbocycles. The van der Waals surface area contributed by atoms with E-state index in [2.05, 4.69) is 38.4 Å². The molecule has 2 amide bonds. The van der Waals surface area contributed by atoms with E-state index < -0.39 is 11.8 Å². The fourth-order valence-corrected chi connectivity index (χ4v) is 3.17. The van der Waals surface area contributed by atoms with Crippen molar-refractivity contribution >= 4 is 57.9 Å². The summed E-state index contributed by atoms with van der Waals surface area (Å²) in [5.74, 6) is 0.279. The highest BCUT2D eigenvalue weighted by Crippen LogP contribution is 2.33. The summed E-state index contributed by atoms with van der Waals surface area (Å²) in [7, 11) is 1.56. The highest BCUT2D eigenvalue weighted by molar-refractivity contribution is 14.1. The summed E-state index contributed by atoms with van der Waals surface area (Å²) >= 11 is 7.95. The molecule has 9 heteroatoms. The summed E-state index contributed by atoms with van der Waals surface area (Å²) < 4.78 is 11.9. The molecule has 0 aliphatic rings. The van der Waals surface area contributed by atoms with Gasteiger partial charge in [-0.1, -0.05) is 18.5 Å². The molecule has 0 bridgehead atoms. The number of amides is 2. The van der Waals surface area contributed by atoms with Gasteiger partial charge in [-0.2, -0.15) is 5.10 Å². The normalized spacial score (nSPS) is 10.6. The molecule has 0 unspecified atom stereocenters. The molecule has 0 radical (unpaired) electrons. The molecule has 0 saturated carbocycles. The molecular formula is C20H21ClIN3O4. The van der Waals surface area contributed by atoms with E-state index in [1.165, 1.54) is 6.21 Å². The second kappa shape index (κ2) is 11.6. The first kappa shape index (κ1) is 23.0. The van der Waals surface area contributed by atoms with Crippen LogP contribution in [0.4, 0.5) is 5.69 Å². The Labute approximate surface area is 187 Å². The summed E-state index contributed by atoms with van der Waals surface area (Å²) in [6.07, 6.45) is 2.01. The third-order valence-corrected chi connectivity index (χ3v) is 4.61. The Hall–Kier alpha value is -2.33. The fraction of sp³-hybridized carbons (Fsp3) is 0.250. The number of nitrogens with one attached hydrogen (secondary N) is 2. The van der Waals surface area contributed by atoms with E-state index in [0.29, 0.717) is 28.8 Å². The Balaban J connectivity index is 1.91. The van der Waals surface area contributed by atoms with Gasteiger partial charge < -0.3 is 14.8 Å². The number of hydrogen-bond acceptors (Lipinski definition) is 5. The van der Waals surface area contributed by atoms with Gasteiger partial charge in [-0.15, -0.1) is 0 Å². The number of anilines is 1. The van der Waals surface area contributed by atoms with E-state index in [-0.39, 0.29) is 6.42 Å². The van der Waals surface area contributed by atoms with Crippen molar-refractivity contribution in [2.45, 2.75) is 19.8 Å². The molecule has 0 aromatic heterocycles. The third-order valence-electron chi connectivity index (χ3n) is 3.55. The molecule has 0 spiro atoms. The Morgan fingerprint density at radius 3 is 2.59 bits per heavy atom. The lowest BCUT2D eigenvalue weighted by Crippen LogP contribution is -2.24. The Morgan fingerprint density at radius 2 is 1.93 bits per heavy atom. The molecule has 2 aromatic carbocycles. The van der Waals surface area contributed by atoms with Crippen molar-refractivity contribution < 1.29 is 19.1 Å². The number of hydrazone groups is 1. The zero-order chi connectivity index (χ0) is 21.2. The Morgan fingerprint density at radius 1 is 1.21 bits per heavy atom. The van der Waals surface area contributed by atoms with Crippen molar-refractivity contribution in [3.05, 3.63) is 50.6 Å². The van der Waals surface area contributed by atoms with Crippen LogP contribution in [0.1, 0.15) is 25.3 Å². The van der Waals surface area contributed by atoms with Crippen LogP contribution in [0.3, 0.4) is 0 Å². The zero-order valence-corrected chi connectivity index (χ0v) is 18.9. The van der Waals surface area contributed by atoms with Crippen LogP contribution in [0.15, 0.2) is 41.5 Å². The van der Waals surface area contributed by atoms with Crippen molar-refractivity contribution in [1.82, 2.24) is 5.43 Å². The van der Waals surface area contributed by atoms with E-state index in [1.54, 1.807) is 37.4 Å². The lowest BCUT2D eigenvalue weighted by Gasteiger charge is -2.12. The maximum atomic E-state index is 11.9. The standard InChI is InChI=1S/C20H21ClIN3O4/c1-3-8-29-20-16(22)9-13(10-17(20)28-2)12-23-25-19(27)11-18(26)24-15-6-4-14(21)5-7-15/h4-7,9-10,12H,3,8,11H2,1-2H3,(H,24,26)(H,25,27). The maximum Gasteiger partial charge on any atom is 0.249 e. The third kappa shape index (κ3) is 7.54. The molecule has 154 valence electrons. The molecule has 2 aromatic rings. The van der Waals surface area contributed by atoms with Crippen LogP contribution < -0.4 is 20.2 Å². The van der Waals surface area contributed by atoms with Crippen molar-refractivity contribution in [3.63, 3.8) is 0 Å². The molecule has 0 saturated heterocycles. The second-order valence-electron chi connectivity index (χ2n) is 5.91. The average Bonchev–Trinajstić information content (AvgIpc) is 2.68. The van der Waals surface area contributed by atoms with Gasteiger partial charge in [0.25, 0.3) is 0 Å². The summed E-state index contributed by atoms with van der Waals surface area (Å²) in [4.78, 5) is 23.8. The van der Waals surface area contributed by atoms with E-state index in [4.69, 9.17) is 21.1 Å². The van der Waals surface area contributed by atoms with Crippen LogP contribution >= 0.6 is 34.2 Å². The summed E-state index contributed by atoms with van der Waals surface area (Å²) in [5.41, 5.74) is 3.62. The number of hydrogen-bond donors (Lipinski definition) is 2. The number of carbonyl (C=O) groups is 2. The lowest BCUT2D eigenvalue weighted by molar-refractivity contribution is -0.126. The summed E-state index contributed by atoms with van der Waals surface area (Å²) in [5, 5.41) is 7.07. The molecule has 0 aliphatic heterocycles. The zero-order valence-electron chi connectivity index (χ0n) is 16.0. The predicted molar refractivity (Wildman–Crippen MR) is 122 cm³/mol. The minimum atomic E-state index is -0.530.